The molecular formula is C19H21ClN2O4S. The zero-order chi connectivity index (χ0) is 19.3. The highest BCUT2D eigenvalue weighted by Gasteiger charge is 2.20. The Kier molecular flexibility index (Phi) is 6.49. The van der Waals surface area contributed by atoms with Crippen molar-refractivity contribution in [1.82, 2.24) is 10.0 Å². The van der Waals surface area contributed by atoms with Crippen LogP contribution in [0.15, 0.2) is 53.4 Å². The first kappa shape index (κ1) is 19.8. The third kappa shape index (κ3) is 5.52. The molecule has 2 aromatic rings. The Morgan fingerprint density at radius 2 is 1.96 bits per heavy atom. The SMILES string of the molecule is O=C(NCc1cccc(Cl)c1)c1ccc(S(=O)(=O)NCC2CCCO2)cc1. The minimum absolute atomic E-state index is 0.0729. The highest BCUT2D eigenvalue weighted by Crippen LogP contribution is 2.14. The summed E-state index contributed by atoms with van der Waals surface area (Å²) in [6, 6.07) is 13.0. The number of nitrogens with one attached hydrogen (secondary N) is 2. The van der Waals surface area contributed by atoms with E-state index in [0.29, 0.717) is 23.7 Å². The first-order chi connectivity index (χ1) is 12.9. The van der Waals surface area contributed by atoms with E-state index in [1.54, 1.807) is 12.1 Å². The van der Waals surface area contributed by atoms with E-state index in [2.05, 4.69) is 10.0 Å². The second kappa shape index (κ2) is 8.84. The molecule has 1 aliphatic heterocycles. The Labute approximate surface area is 163 Å². The van der Waals surface area contributed by atoms with Crippen molar-refractivity contribution in [3.63, 3.8) is 0 Å². The van der Waals surface area contributed by atoms with E-state index < -0.39 is 10.0 Å². The first-order valence-corrected chi connectivity index (χ1v) is 10.5. The Morgan fingerprint density at radius 3 is 2.63 bits per heavy atom. The maximum atomic E-state index is 12.3. The minimum Gasteiger partial charge on any atom is -0.377 e. The van der Waals surface area contributed by atoms with E-state index in [1.807, 2.05) is 12.1 Å². The van der Waals surface area contributed by atoms with Gasteiger partial charge in [0.2, 0.25) is 10.0 Å². The van der Waals surface area contributed by atoms with Gasteiger partial charge < -0.3 is 10.1 Å². The maximum absolute atomic E-state index is 12.3. The first-order valence-electron chi connectivity index (χ1n) is 8.68. The highest BCUT2D eigenvalue weighted by atomic mass is 35.5. The third-order valence-electron chi connectivity index (χ3n) is 4.29. The number of sulfonamides is 1. The van der Waals surface area contributed by atoms with Gasteiger partial charge in [0.1, 0.15) is 0 Å². The van der Waals surface area contributed by atoms with Crippen LogP contribution in [0.1, 0.15) is 28.8 Å². The van der Waals surface area contributed by atoms with Crippen LogP contribution in [0.25, 0.3) is 0 Å². The molecule has 3 rings (SSSR count). The number of carbonyl (C=O) groups is 1. The van der Waals surface area contributed by atoms with E-state index in [9.17, 15) is 13.2 Å². The molecule has 27 heavy (non-hydrogen) atoms. The Hall–Kier alpha value is -1.93. The Balaban J connectivity index is 1.57. The van der Waals surface area contributed by atoms with Crippen molar-refractivity contribution < 1.29 is 17.9 Å². The van der Waals surface area contributed by atoms with Crippen LogP contribution in [0.2, 0.25) is 5.02 Å². The van der Waals surface area contributed by atoms with E-state index in [0.717, 1.165) is 18.4 Å². The van der Waals surface area contributed by atoms with E-state index in [4.69, 9.17) is 16.3 Å². The predicted octanol–water partition coefficient (Wildman–Crippen LogP) is 2.73. The van der Waals surface area contributed by atoms with Crippen molar-refractivity contribution in [2.45, 2.75) is 30.4 Å². The van der Waals surface area contributed by atoms with Gasteiger partial charge in [0.25, 0.3) is 5.91 Å². The summed E-state index contributed by atoms with van der Waals surface area (Å²) in [7, 11) is -3.63. The second-order valence-electron chi connectivity index (χ2n) is 6.32. The fourth-order valence-corrected chi connectivity index (χ4v) is 4.09. The van der Waals surface area contributed by atoms with Crippen molar-refractivity contribution in [2.75, 3.05) is 13.2 Å². The smallest absolute Gasteiger partial charge is 0.251 e. The molecule has 1 saturated heterocycles. The molecule has 1 heterocycles. The lowest BCUT2D eigenvalue weighted by Crippen LogP contribution is -2.31. The van der Waals surface area contributed by atoms with Crippen LogP contribution < -0.4 is 10.0 Å². The monoisotopic (exact) mass is 408 g/mol. The summed E-state index contributed by atoms with van der Waals surface area (Å²) in [5, 5.41) is 3.39. The molecule has 0 aromatic heterocycles. The van der Waals surface area contributed by atoms with Crippen LogP contribution in [-0.4, -0.2) is 33.6 Å². The summed E-state index contributed by atoms with van der Waals surface area (Å²) in [5.41, 5.74) is 1.27. The standard InChI is InChI=1S/C19H21ClN2O4S/c20-16-4-1-3-14(11-16)12-21-19(23)15-6-8-18(9-7-15)27(24,25)22-13-17-5-2-10-26-17/h1,3-4,6-9,11,17,22H,2,5,10,12-13H2,(H,21,23). The number of hydrogen-bond acceptors (Lipinski definition) is 4. The summed E-state index contributed by atoms with van der Waals surface area (Å²) in [5.74, 6) is -0.286. The van der Waals surface area contributed by atoms with Crippen molar-refractivity contribution in [3.8, 4) is 0 Å². The molecule has 0 bridgehead atoms. The lowest BCUT2D eigenvalue weighted by molar-refractivity contribution is 0.0951. The van der Waals surface area contributed by atoms with Crippen LogP contribution >= 0.6 is 11.6 Å². The van der Waals surface area contributed by atoms with Crippen LogP contribution in [0.4, 0.5) is 0 Å². The molecule has 1 amide bonds. The fraction of sp³-hybridized carbons (Fsp3) is 0.316. The topological polar surface area (TPSA) is 84.5 Å². The molecule has 6 nitrogen and oxygen atoms in total. The average Bonchev–Trinajstić information content (AvgIpc) is 3.18. The molecule has 1 aliphatic rings. The van der Waals surface area contributed by atoms with Crippen molar-refractivity contribution in [2.24, 2.45) is 0 Å². The number of ether oxygens (including phenoxy) is 1. The predicted molar refractivity (Wildman–Crippen MR) is 103 cm³/mol. The largest absolute Gasteiger partial charge is 0.377 e. The second-order valence-corrected chi connectivity index (χ2v) is 8.53. The zero-order valence-corrected chi connectivity index (χ0v) is 16.2. The Morgan fingerprint density at radius 1 is 1.19 bits per heavy atom. The number of benzene rings is 2. The maximum Gasteiger partial charge on any atom is 0.251 e. The molecule has 2 aromatic carbocycles. The van der Waals surface area contributed by atoms with E-state index in [1.165, 1.54) is 24.3 Å². The number of amides is 1. The zero-order valence-electron chi connectivity index (χ0n) is 14.7. The van der Waals surface area contributed by atoms with Crippen LogP contribution in [0.5, 0.6) is 0 Å². The molecule has 0 radical (unpaired) electrons. The quantitative estimate of drug-likeness (QED) is 0.737. The molecule has 0 spiro atoms. The molecular weight excluding hydrogens is 388 g/mol. The summed E-state index contributed by atoms with van der Waals surface area (Å²) in [4.78, 5) is 12.4. The van der Waals surface area contributed by atoms with Gasteiger partial charge in [-0.3, -0.25) is 4.79 Å². The number of halogens is 1. The Bertz CT molecular complexity index is 894. The molecule has 144 valence electrons. The lowest BCUT2D eigenvalue weighted by atomic mass is 10.2. The molecule has 1 fully saturated rings. The van der Waals surface area contributed by atoms with Gasteiger partial charge in [-0.2, -0.15) is 0 Å². The summed E-state index contributed by atoms with van der Waals surface area (Å²) < 4.78 is 32.6. The summed E-state index contributed by atoms with van der Waals surface area (Å²) in [6.45, 7) is 1.26. The van der Waals surface area contributed by atoms with Gasteiger partial charge in [-0.15, -0.1) is 0 Å². The van der Waals surface area contributed by atoms with Gasteiger partial charge in [0.05, 0.1) is 11.0 Å². The lowest BCUT2D eigenvalue weighted by Gasteiger charge is -2.12. The molecule has 2 N–H and O–H groups in total. The summed E-state index contributed by atoms with van der Waals surface area (Å²) in [6.07, 6.45) is 1.73. The van der Waals surface area contributed by atoms with Crippen LogP contribution in [-0.2, 0) is 21.3 Å². The van der Waals surface area contributed by atoms with Gasteiger partial charge in [-0.25, -0.2) is 13.1 Å². The molecule has 0 saturated carbocycles. The summed E-state index contributed by atoms with van der Waals surface area (Å²) >= 11 is 5.92. The van der Waals surface area contributed by atoms with Crippen molar-refractivity contribution in [3.05, 3.63) is 64.7 Å². The van der Waals surface area contributed by atoms with Gasteiger partial charge >= 0.3 is 0 Å². The van der Waals surface area contributed by atoms with Crippen LogP contribution in [0.3, 0.4) is 0 Å². The van der Waals surface area contributed by atoms with Gasteiger partial charge in [-0.05, 0) is 54.8 Å². The fourth-order valence-electron chi connectivity index (χ4n) is 2.81. The van der Waals surface area contributed by atoms with E-state index in [-0.39, 0.29) is 23.5 Å². The number of carbonyl (C=O) groups excluding carboxylic acids is 1. The number of rotatable bonds is 7. The highest BCUT2D eigenvalue weighted by molar-refractivity contribution is 7.89. The average molecular weight is 409 g/mol. The number of hydrogen-bond donors (Lipinski definition) is 2. The van der Waals surface area contributed by atoms with Gasteiger partial charge in [-0.1, -0.05) is 23.7 Å². The van der Waals surface area contributed by atoms with Crippen molar-refractivity contribution >= 4 is 27.5 Å². The third-order valence-corrected chi connectivity index (χ3v) is 5.97. The molecule has 0 aliphatic carbocycles. The minimum atomic E-state index is -3.63. The van der Waals surface area contributed by atoms with Crippen LogP contribution in [0, 0.1) is 0 Å². The van der Waals surface area contributed by atoms with Gasteiger partial charge in [0, 0.05) is 30.3 Å². The van der Waals surface area contributed by atoms with Crippen molar-refractivity contribution in [1.29, 1.82) is 0 Å². The molecule has 1 unspecified atom stereocenters. The van der Waals surface area contributed by atoms with E-state index >= 15 is 0 Å². The van der Waals surface area contributed by atoms with Gasteiger partial charge in [0.15, 0.2) is 0 Å². The normalized spacial score (nSPS) is 17.0. The molecule has 1 atom stereocenters. The molecule has 8 heteroatoms.